The number of nitriles is 1. The van der Waals surface area contributed by atoms with Crippen molar-refractivity contribution in [3.63, 3.8) is 0 Å². The first-order valence-corrected chi connectivity index (χ1v) is 8.37. The number of hydrogen-bond acceptors (Lipinski definition) is 4. The van der Waals surface area contributed by atoms with Crippen molar-refractivity contribution in [1.29, 1.82) is 5.26 Å². The Morgan fingerprint density at radius 3 is 2.80 bits per heavy atom. The minimum absolute atomic E-state index is 0.00532. The normalized spacial score (nSPS) is 12.6. The number of carbonyl (C=O) groups excluding carboxylic acids is 1. The van der Waals surface area contributed by atoms with E-state index < -0.39 is 5.91 Å². The van der Waals surface area contributed by atoms with E-state index in [0.29, 0.717) is 27.2 Å². The quantitative estimate of drug-likeness (QED) is 0.616. The summed E-state index contributed by atoms with van der Waals surface area (Å²) in [4.78, 5) is 12.4. The molecule has 1 aliphatic heterocycles. The second kappa shape index (κ2) is 6.99. The third-order valence-corrected chi connectivity index (χ3v) is 4.34. The Bertz CT molecular complexity index is 929. The second-order valence-electron chi connectivity index (χ2n) is 5.68. The molecule has 2 aromatic rings. The molecule has 0 aliphatic carbocycles. The van der Waals surface area contributed by atoms with E-state index in [4.69, 9.17) is 9.47 Å². The summed E-state index contributed by atoms with van der Waals surface area (Å²) in [5, 5.41) is 12.1. The zero-order chi connectivity index (χ0) is 18.0. The number of nitrogens with one attached hydrogen (secondary N) is 1. The van der Waals surface area contributed by atoms with E-state index in [-0.39, 0.29) is 12.4 Å². The van der Waals surface area contributed by atoms with Crippen molar-refractivity contribution < 1.29 is 14.3 Å². The molecule has 0 atom stereocenters. The van der Waals surface area contributed by atoms with Gasteiger partial charge in [0.2, 0.25) is 6.79 Å². The summed E-state index contributed by atoms with van der Waals surface area (Å²) in [6, 6.07) is 11.2. The first-order valence-electron chi connectivity index (χ1n) is 7.57. The van der Waals surface area contributed by atoms with Crippen LogP contribution >= 0.6 is 15.9 Å². The van der Waals surface area contributed by atoms with E-state index in [1.807, 2.05) is 38.1 Å². The molecule has 0 saturated carbocycles. The zero-order valence-electron chi connectivity index (χ0n) is 13.7. The molecule has 0 bridgehead atoms. The van der Waals surface area contributed by atoms with Gasteiger partial charge in [0, 0.05) is 5.69 Å². The molecular weight excluding hydrogens is 384 g/mol. The molecule has 0 radical (unpaired) electrons. The largest absolute Gasteiger partial charge is 0.454 e. The number of carbonyl (C=O) groups is 1. The zero-order valence-corrected chi connectivity index (χ0v) is 15.3. The lowest BCUT2D eigenvalue weighted by atomic mass is 10.1. The second-order valence-corrected chi connectivity index (χ2v) is 6.53. The third-order valence-electron chi connectivity index (χ3n) is 3.76. The summed E-state index contributed by atoms with van der Waals surface area (Å²) in [6.45, 7) is 4.05. The Kier molecular flexibility index (Phi) is 4.77. The predicted octanol–water partition coefficient (Wildman–Crippen LogP) is 4.34. The minimum atomic E-state index is -0.455. The monoisotopic (exact) mass is 398 g/mol. The summed E-state index contributed by atoms with van der Waals surface area (Å²) in [5.74, 6) is 0.742. The van der Waals surface area contributed by atoms with E-state index in [0.717, 1.165) is 11.1 Å². The number of anilines is 1. The Balaban J connectivity index is 1.87. The standard InChI is InChI=1S/C19H15BrN2O3/c1-11-3-4-16(12(2)5-11)22-19(23)14(9-21)6-13-7-15(20)18-17(8-13)24-10-25-18/h3-8H,10H2,1-2H3,(H,22,23)/b14-6+. The lowest BCUT2D eigenvalue weighted by Gasteiger charge is -2.09. The van der Waals surface area contributed by atoms with Crippen molar-refractivity contribution in [3.8, 4) is 17.6 Å². The fraction of sp³-hybridized carbons (Fsp3) is 0.158. The van der Waals surface area contributed by atoms with Crippen LogP contribution in [0.25, 0.3) is 6.08 Å². The Morgan fingerprint density at radius 2 is 2.08 bits per heavy atom. The van der Waals surface area contributed by atoms with Gasteiger partial charge in [0.25, 0.3) is 5.91 Å². The molecule has 3 rings (SSSR count). The van der Waals surface area contributed by atoms with Crippen LogP contribution < -0.4 is 14.8 Å². The van der Waals surface area contributed by atoms with Crippen molar-refractivity contribution in [2.24, 2.45) is 0 Å². The van der Waals surface area contributed by atoms with Crippen molar-refractivity contribution in [1.82, 2.24) is 0 Å². The molecule has 1 heterocycles. The lowest BCUT2D eigenvalue weighted by molar-refractivity contribution is -0.112. The molecule has 1 N–H and O–H groups in total. The van der Waals surface area contributed by atoms with E-state index in [9.17, 15) is 10.1 Å². The summed E-state index contributed by atoms with van der Waals surface area (Å²) in [5.41, 5.74) is 3.41. The lowest BCUT2D eigenvalue weighted by Crippen LogP contribution is -2.14. The average Bonchev–Trinajstić information content (AvgIpc) is 3.04. The van der Waals surface area contributed by atoms with Gasteiger partial charge < -0.3 is 14.8 Å². The molecule has 5 nitrogen and oxygen atoms in total. The molecule has 0 aromatic heterocycles. The van der Waals surface area contributed by atoms with E-state index in [1.165, 1.54) is 6.08 Å². The van der Waals surface area contributed by atoms with Crippen LogP contribution in [-0.4, -0.2) is 12.7 Å². The molecular formula is C19H15BrN2O3. The number of rotatable bonds is 3. The van der Waals surface area contributed by atoms with Crippen molar-refractivity contribution >= 4 is 33.6 Å². The predicted molar refractivity (Wildman–Crippen MR) is 98.4 cm³/mol. The third kappa shape index (κ3) is 3.67. The number of nitrogens with zero attached hydrogens (tertiary/aromatic N) is 1. The SMILES string of the molecule is Cc1ccc(NC(=O)/C(C#N)=C/c2cc(Br)c3c(c2)OCO3)c(C)c1. The number of fused-ring (bicyclic) bond motifs is 1. The van der Waals surface area contributed by atoms with Gasteiger partial charge in [0.15, 0.2) is 11.5 Å². The number of amides is 1. The highest BCUT2D eigenvalue weighted by Gasteiger charge is 2.18. The summed E-state index contributed by atoms with van der Waals surface area (Å²) in [7, 11) is 0. The highest BCUT2D eigenvalue weighted by atomic mass is 79.9. The van der Waals surface area contributed by atoms with Gasteiger partial charge in [-0.05, 0) is 65.2 Å². The van der Waals surface area contributed by atoms with Crippen LogP contribution in [0.1, 0.15) is 16.7 Å². The highest BCUT2D eigenvalue weighted by molar-refractivity contribution is 9.10. The molecule has 0 unspecified atom stereocenters. The fourth-order valence-electron chi connectivity index (χ4n) is 2.53. The van der Waals surface area contributed by atoms with Gasteiger partial charge in [-0.3, -0.25) is 4.79 Å². The molecule has 2 aromatic carbocycles. The first-order chi connectivity index (χ1) is 12.0. The molecule has 0 fully saturated rings. The van der Waals surface area contributed by atoms with Gasteiger partial charge in [-0.1, -0.05) is 17.7 Å². The van der Waals surface area contributed by atoms with Crippen LogP contribution in [0.5, 0.6) is 11.5 Å². The van der Waals surface area contributed by atoms with Gasteiger partial charge in [-0.15, -0.1) is 0 Å². The van der Waals surface area contributed by atoms with Gasteiger partial charge >= 0.3 is 0 Å². The van der Waals surface area contributed by atoms with E-state index in [1.54, 1.807) is 12.1 Å². The number of aryl methyl sites for hydroxylation is 2. The summed E-state index contributed by atoms with van der Waals surface area (Å²) in [6.07, 6.45) is 1.52. The number of hydrogen-bond donors (Lipinski definition) is 1. The van der Waals surface area contributed by atoms with Crippen LogP contribution in [0.15, 0.2) is 40.4 Å². The van der Waals surface area contributed by atoms with Gasteiger partial charge in [0.1, 0.15) is 11.6 Å². The maximum absolute atomic E-state index is 12.4. The molecule has 25 heavy (non-hydrogen) atoms. The molecule has 0 spiro atoms. The molecule has 126 valence electrons. The highest BCUT2D eigenvalue weighted by Crippen LogP contribution is 2.40. The van der Waals surface area contributed by atoms with E-state index >= 15 is 0 Å². The molecule has 1 aliphatic rings. The Morgan fingerprint density at radius 1 is 1.28 bits per heavy atom. The maximum atomic E-state index is 12.4. The van der Waals surface area contributed by atoms with Crippen LogP contribution in [0.2, 0.25) is 0 Å². The smallest absolute Gasteiger partial charge is 0.266 e. The van der Waals surface area contributed by atoms with Crippen LogP contribution in [0.3, 0.4) is 0 Å². The van der Waals surface area contributed by atoms with Crippen LogP contribution in [0, 0.1) is 25.2 Å². The molecule has 6 heteroatoms. The Hall–Kier alpha value is -2.78. The summed E-state index contributed by atoms with van der Waals surface area (Å²) < 4.78 is 11.4. The van der Waals surface area contributed by atoms with Crippen molar-refractivity contribution in [2.45, 2.75) is 13.8 Å². The maximum Gasteiger partial charge on any atom is 0.266 e. The Labute approximate surface area is 154 Å². The van der Waals surface area contributed by atoms with Crippen LogP contribution in [0.4, 0.5) is 5.69 Å². The number of benzene rings is 2. The minimum Gasteiger partial charge on any atom is -0.454 e. The first kappa shape index (κ1) is 17.1. The van der Waals surface area contributed by atoms with Crippen molar-refractivity contribution in [2.75, 3.05) is 12.1 Å². The molecule has 0 saturated heterocycles. The van der Waals surface area contributed by atoms with Crippen molar-refractivity contribution in [3.05, 3.63) is 57.1 Å². The van der Waals surface area contributed by atoms with Gasteiger partial charge in [-0.2, -0.15) is 5.26 Å². The number of ether oxygens (including phenoxy) is 2. The molecule has 1 amide bonds. The average molecular weight is 399 g/mol. The van der Waals surface area contributed by atoms with E-state index in [2.05, 4.69) is 21.2 Å². The number of halogens is 1. The van der Waals surface area contributed by atoms with Gasteiger partial charge in [0.05, 0.1) is 4.47 Å². The van der Waals surface area contributed by atoms with Gasteiger partial charge in [-0.25, -0.2) is 0 Å². The van der Waals surface area contributed by atoms with Crippen LogP contribution in [-0.2, 0) is 4.79 Å². The topological polar surface area (TPSA) is 71.4 Å². The fourth-order valence-corrected chi connectivity index (χ4v) is 3.10. The summed E-state index contributed by atoms with van der Waals surface area (Å²) >= 11 is 3.40.